The molecule has 1 aromatic heterocycles. The maximum absolute atomic E-state index is 12.7. The molecule has 6 heteroatoms. The number of benzene rings is 1. The van der Waals surface area contributed by atoms with E-state index in [0.29, 0.717) is 18.7 Å². The van der Waals surface area contributed by atoms with Gasteiger partial charge in [-0.15, -0.1) is 0 Å². The fourth-order valence-electron chi connectivity index (χ4n) is 3.00. The summed E-state index contributed by atoms with van der Waals surface area (Å²) in [5.74, 6) is -0.314. The summed E-state index contributed by atoms with van der Waals surface area (Å²) in [4.78, 5) is 31.1. The first kappa shape index (κ1) is 17.2. The second-order valence-corrected chi connectivity index (χ2v) is 6.71. The molecule has 0 aliphatic carbocycles. The van der Waals surface area contributed by atoms with Gasteiger partial charge in [0.1, 0.15) is 11.7 Å². The van der Waals surface area contributed by atoms with Crippen molar-refractivity contribution in [3.05, 3.63) is 54.1 Å². The average Bonchev–Trinajstić information content (AvgIpc) is 3.10. The number of hydrogen-bond acceptors (Lipinski definition) is 3. The van der Waals surface area contributed by atoms with Crippen LogP contribution in [0.4, 0.5) is 0 Å². The lowest BCUT2D eigenvalue weighted by Gasteiger charge is -2.32. The molecule has 1 aromatic carbocycles. The van der Waals surface area contributed by atoms with E-state index in [1.54, 1.807) is 12.5 Å². The van der Waals surface area contributed by atoms with Crippen LogP contribution in [0.15, 0.2) is 42.9 Å². The Balaban J connectivity index is 1.63. The zero-order valence-electron chi connectivity index (χ0n) is 14.7. The van der Waals surface area contributed by atoms with Gasteiger partial charge in [0.2, 0.25) is 5.91 Å². The topological polar surface area (TPSA) is 67.2 Å². The van der Waals surface area contributed by atoms with Crippen LogP contribution in [0.3, 0.4) is 0 Å². The van der Waals surface area contributed by atoms with Crippen LogP contribution in [0.1, 0.15) is 48.8 Å². The predicted octanol–water partition coefficient (Wildman–Crippen LogP) is 2.39. The first-order chi connectivity index (χ1) is 12.0. The van der Waals surface area contributed by atoms with Gasteiger partial charge in [0.05, 0.1) is 6.33 Å². The van der Waals surface area contributed by atoms with Gasteiger partial charge in [0.15, 0.2) is 0 Å². The molecule has 2 amide bonds. The molecule has 2 heterocycles. The first-order valence-corrected chi connectivity index (χ1v) is 8.71. The van der Waals surface area contributed by atoms with Crippen LogP contribution in [0.5, 0.6) is 0 Å². The molecule has 1 N–H and O–H groups in total. The van der Waals surface area contributed by atoms with E-state index in [2.05, 4.69) is 10.3 Å². The number of carbonyl (C=O) groups is 2. The zero-order chi connectivity index (χ0) is 17.8. The Hall–Kier alpha value is -2.63. The quantitative estimate of drug-likeness (QED) is 0.909. The van der Waals surface area contributed by atoms with E-state index in [9.17, 15) is 9.59 Å². The van der Waals surface area contributed by atoms with Gasteiger partial charge in [-0.1, -0.05) is 30.3 Å². The highest BCUT2D eigenvalue weighted by Crippen LogP contribution is 2.16. The van der Waals surface area contributed by atoms with Crippen LogP contribution >= 0.6 is 0 Å². The van der Waals surface area contributed by atoms with Crippen molar-refractivity contribution in [2.75, 3.05) is 6.54 Å². The molecule has 0 spiro atoms. The minimum absolute atomic E-state index is 0.0215. The SMILES string of the molecule is CC(C)n1cnc(C(=O)N[C@H]2CCCN(Cc3ccccc3)C2=O)c1. The van der Waals surface area contributed by atoms with E-state index >= 15 is 0 Å². The van der Waals surface area contributed by atoms with Crippen molar-refractivity contribution in [3.63, 3.8) is 0 Å². The Bertz CT molecular complexity index is 739. The Morgan fingerprint density at radius 3 is 2.76 bits per heavy atom. The zero-order valence-corrected chi connectivity index (χ0v) is 14.7. The molecule has 0 radical (unpaired) electrons. The number of likely N-dealkylation sites (tertiary alicyclic amines) is 1. The number of imidazole rings is 1. The smallest absolute Gasteiger partial charge is 0.272 e. The van der Waals surface area contributed by atoms with Crippen molar-refractivity contribution in [2.45, 2.75) is 45.3 Å². The van der Waals surface area contributed by atoms with Crippen molar-refractivity contribution < 1.29 is 9.59 Å². The van der Waals surface area contributed by atoms with Gasteiger partial charge in [0.25, 0.3) is 5.91 Å². The molecule has 0 bridgehead atoms. The lowest BCUT2D eigenvalue weighted by molar-refractivity contribution is -0.136. The van der Waals surface area contributed by atoms with Crippen molar-refractivity contribution in [1.29, 1.82) is 0 Å². The Morgan fingerprint density at radius 2 is 2.08 bits per heavy atom. The lowest BCUT2D eigenvalue weighted by atomic mass is 10.0. The summed E-state index contributed by atoms with van der Waals surface area (Å²) in [6.45, 7) is 5.35. The molecular formula is C19H24N4O2. The molecule has 6 nitrogen and oxygen atoms in total. The van der Waals surface area contributed by atoms with E-state index in [0.717, 1.165) is 18.5 Å². The molecule has 2 aromatic rings. The maximum Gasteiger partial charge on any atom is 0.272 e. The van der Waals surface area contributed by atoms with Gasteiger partial charge in [0, 0.05) is 25.3 Å². The van der Waals surface area contributed by atoms with Crippen molar-refractivity contribution in [3.8, 4) is 0 Å². The fourth-order valence-corrected chi connectivity index (χ4v) is 3.00. The molecule has 0 saturated carbocycles. The second-order valence-electron chi connectivity index (χ2n) is 6.71. The molecule has 132 valence electrons. The number of nitrogens with zero attached hydrogens (tertiary/aromatic N) is 3. The average molecular weight is 340 g/mol. The van der Waals surface area contributed by atoms with Gasteiger partial charge in [-0.05, 0) is 32.3 Å². The second kappa shape index (κ2) is 7.51. The van der Waals surface area contributed by atoms with E-state index in [1.165, 1.54) is 0 Å². The highest BCUT2D eigenvalue weighted by Gasteiger charge is 2.30. The van der Waals surface area contributed by atoms with Crippen molar-refractivity contribution >= 4 is 11.8 Å². The van der Waals surface area contributed by atoms with E-state index in [1.807, 2.05) is 53.6 Å². The third kappa shape index (κ3) is 4.07. The third-order valence-electron chi connectivity index (χ3n) is 4.48. The van der Waals surface area contributed by atoms with Gasteiger partial charge < -0.3 is 14.8 Å². The molecular weight excluding hydrogens is 316 g/mol. The number of nitrogens with one attached hydrogen (secondary N) is 1. The Morgan fingerprint density at radius 1 is 1.32 bits per heavy atom. The summed E-state index contributed by atoms with van der Waals surface area (Å²) in [5.41, 5.74) is 1.44. The fraction of sp³-hybridized carbons (Fsp3) is 0.421. The summed E-state index contributed by atoms with van der Waals surface area (Å²) in [7, 11) is 0. The largest absolute Gasteiger partial charge is 0.339 e. The van der Waals surface area contributed by atoms with Gasteiger partial charge in [-0.3, -0.25) is 9.59 Å². The molecule has 3 rings (SSSR count). The van der Waals surface area contributed by atoms with Crippen LogP contribution in [-0.4, -0.2) is 38.9 Å². The van der Waals surface area contributed by atoms with Crippen LogP contribution in [0.25, 0.3) is 0 Å². The summed E-state index contributed by atoms with van der Waals surface area (Å²) in [5, 5.41) is 2.85. The van der Waals surface area contributed by atoms with Gasteiger partial charge >= 0.3 is 0 Å². The van der Waals surface area contributed by atoms with E-state index in [-0.39, 0.29) is 17.9 Å². The molecule has 1 aliphatic rings. The van der Waals surface area contributed by atoms with Crippen LogP contribution in [-0.2, 0) is 11.3 Å². The first-order valence-electron chi connectivity index (χ1n) is 8.71. The van der Waals surface area contributed by atoms with Crippen molar-refractivity contribution in [1.82, 2.24) is 19.8 Å². The molecule has 1 fully saturated rings. The minimum Gasteiger partial charge on any atom is -0.339 e. The predicted molar refractivity (Wildman–Crippen MR) is 95.0 cm³/mol. The summed E-state index contributed by atoms with van der Waals surface area (Å²) >= 11 is 0. The van der Waals surface area contributed by atoms with E-state index < -0.39 is 6.04 Å². The van der Waals surface area contributed by atoms with Gasteiger partial charge in [-0.2, -0.15) is 0 Å². The Labute approximate surface area is 147 Å². The summed E-state index contributed by atoms with van der Waals surface area (Å²) in [6.07, 6.45) is 4.91. The number of amides is 2. The lowest BCUT2D eigenvalue weighted by Crippen LogP contribution is -2.51. The number of rotatable bonds is 5. The molecule has 25 heavy (non-hydrogen) atoms. The molecule has 1 aliphatic heterocycles. The number of aromatic nitrogens is 2. The Kier molecular flexibility index (Phi) is 5.16. The number of hydrogen-bond donors (Lipinski definition) is 1. The van der Waals surface area contributed by atoms with E-state index in [4.69, 9.17) is 0 Å². The van der Waals surface area contributed by atoms with Crippen molar-refractivity contribution in [2.24, 2.45) is 0 Å². The minimum atomic E-state index is -0.478. The molecule has 0 unspecified atom stereocenters. The van der Waals surface area contributed by atoms with Crippen LogP contribution in [0, 0.1) is 0 Å². The van der Waals surface area contributed by atoms with Crippen LogP contribution in [0.2, 0.25) is 0 Å². The monoisotopic (exact) mass is 340 g/mol. The summed E-state index contributed by atoms with van der Waals surface area (Å²) < 4.78 is 1.87. The normalized spacial score (nSPS) is 17.8. The van der Waals surface area contributed by atoms with Crippen LogP contribution < -0.4 is 5.32 Å². The molecule has 1 saturated heterocycles. The number of carbonyl (C=O) groups excluding carboxylic acids is 2. The summed E-state index contributed by atoms with van der Waals surface area (Å²) in [6, 6.07) is 9.67. The standard InChI is InChI=1S/C19H24N4O2/c1-14(2)23-12-17(20-13-23)18(24)21-16-9-6-10-22(19(16)25)11-15-7-4-3-5-8-15/h3-5,7-8,12-14,16H,6,9-11H2,1-2H3,(H,21,24)/t16-/m0/s1. The van der Waals surface area contributed by atoms with Gasteiger partial charge in [-0.25, -0.2) is 4.98 Å². The third-order valence-corrected chi connectivity index (χ3v) is 4.48. The highest BCUT2D eigenvalue weighted by molar-refractivity contribution is 5.96. The highest BCUT2D eigenvalue weighted by atomic mass is 16.2. The number of piperidine rings is 1. The molecule has 1 atom stereocenters. The maximum atomic E-state index is 12.7.